The van der Waals surface area contributed by atoms with Gasteiger partial charge in [0.25, 0.3) is 10.0 Å². The molecule has 1 N–H and O–H groups in total. The minimum absolute atomic E-state index is 0.217. The van der Waals surface area contributed by atoms with Crippen LogP contribution in [0.3, 0.4) is 0 Å². The maximum absolute atomic E-state index is 13.1. The van der Waals surface area contributed by atoms with E-state index in [4.69, 9.17) is 0 Å². The minimum Gasteiger partial charge on any atom is -0.279 e. The first-order valence-electron chi connectivity index (χ1n) is 8.87. The van der Waals surface area contributed by atoms with Gasteiger partial charge in [0.1, 0.15) is 4.90 Å². The Kier molecular flexibility index (Phi) is 5.11. The fraction of sp³-hybridized carbons (Fsp3) is 0.286. The molecule has 1 aromatic heterocycles. The Hall–Kier alpha value is -2.60. The average Bonchev–Trinajstić information content (AvgIpc) is 3.03. The number of nitrogens with zero attached hydrogens (tertiary/aromatic N) is 2. The summed E-state index contributed by atoms with van der Waals surface area (Å²) < 4.78 is 30.7. The summed E-state index contributed by atoms with van der Waals surface area (Å²) in [6.45, 7) is 8.30. The van der Waals surface area contributed by atoms with Crippen LogP contribution in [0.2, 0.25) is 0 Å². The first-order valence-corrected chi connectivity index (χ1v) is 10.4. The summed E-state index contributed by atoms with van der Waals surface area (Å²) in [6, 6.07) is 17.2. The van der Waals surface area contributed by atoms with E-state index in [0.29, 0.717) is 17.9 Å². The summed E-state index contributed by atoms with van der Waals surface area (Å²) in [4.78, 5) is 0.217. The van der Waals surface area contributed by atoms with Gasteiger partial charge >= 0.3 is 0 Å². The molecule has 1 heterocycles. The van der Waals surface area contributed by atoms with E-state index < -0.39 is 15.4 Å². The van der Waals surface area contributed by atoms with Gasteiger partial charge < -0.3 is 0 Å². The standard InChI is InChI=1S/C21H25N3O2S/c1-16-10-8-9-13-18(16)23-27(25,26)19-15-24(22-20(19)21(2,3)4)14-17-11-6-5-7-12-17/h5-13,15,23H,14H2,1-4H3. The van der Waals surface area contributed by atoms with Gasteiger partial charge in [-0.05, 0) is 24.1 Å². The largest absolute Gasteiger partial charge is 0.279 e. The molecule has 0 radical (unpaired) electrons. The predicted octanol–water partition coefficient (Wildman–Crippen LogP) is 4.34. The fourth-order valence-electron chi connectivity index (χ4n) is 2.86. The molecular weight excluding hydrogens is 358 g/mol. The Labute approximate surface area is 161 Å². The molecule has 3 aromatic rings. The van der Waals surface area contributed by atoms with Crippen LogP contribution in [0.5, 0.6) is 0 Å². The van der Waals surface area contributed by atoms with E-state index in [-0.39, 0.29) is 4.90 Å². The molecular formula is C21H25N3O2S. The van der Waals surface area contributed by atoms with E-state index in [2.05, 4.69) is 9.82 Å². The minimum atomic E-state index is -3.75. The van der Waals surface area contributed by atoms with Crippen LogP contribution in [0.4, 0.5) is 5.69 Å². The Morgan fingerprint density at radius 1 is 1.00 bits per heavy atom. The van der Waals surface area contributed by atoms with Crippen molar-refractivity contribution in [3.8, 4) is 0 Å². The third kappa shape index (κ3) is 4.39. The fourth-order valence-corrected chi connectivity index (χ4v) is 4.35. The van der Waals surface area contributed by atoms with Gasteiger partial charge in [-0.25, -0.2) is 8.42 Å². The average molecular weight is 384 g/mol. The molecule has 6 heteroatoms. The molecule has 0 aliphatic rings. The van der Waals surface area contributed by atoms with Crippen molar-refractivity contribution in [3.63, 3.8) is 0 Å². The third-order valence-electron chi connectivity index (χ3n) is 4.30. The predicted molar refractivity (Wildman–Crippen MR) is 108 cm³/mol. The molecule has 3 rings (SSSR count). The van der Waals surface area contributed by atoms with Crippen molar-refractivity contribution in [3.05, 3.63) is 77.6 Å². The SMILES string of the molecule is Cc1ccccc1NS(=O)(=O)c1cn(Cc2ccccc2)nc1C(C)(C)C. The molecule has 142 valence electrons. The summed E-state index contributed by atoms with van der Waals surface area (Å²) >= 11 is 0. The van der Waals surface area contributed by atoms with Gasteiger partial charge in [-0.2, -0.15) is 5.10 Å². The van der Waals surface area contributed by atoms with Crippen molar-refractivity contribution in [1.82, 2.24) is 9.78 Å². The summed E-state index contributed by atoms with van der Waals surface area (Å²) in [5, 5.41) is 4.60. The highest BCUT2D eigenvalue weighted by Gasteiger charge is 2.30. The molecule has 0 amide bonds. The van der Waals surface area contributed by atoms with Crippen LogP contribution in [0.1, 0.15) is 37.6 Å². The number of aryl methyl sites for hydroxylation is 1. The number of hydrogen-bond acceptors (Lipinski definition) is 3. The van der Waals surface area contributed by atoms with Crippen molar-refractivity contribution < 1.29 is 8.42 Å². The highest BCUT2D eigenvalue weighted by molar-refractivity contribution is 7.92. The van der Waals surface area contributed by atoms with Crippen molar-refractivity contribution in [2.24, 2.45) is 0 Å². The number of sulfonamides is 1. The molecule has 0 atom stereocenters. The lowest BCUT2D eigenvalue weighted by Gasteiger charge is -2.18. The van der Waals surface area contributed by atoms with Crippen molar-refractivity contribution in [1.29, 1.82) is 0 Å². The lowest BCUT2D eigenvalue weighted by molar-refractivity contribution is 0.533. The Morgan fingerprint density at radius 3 is 2.26 bits per heavy atom. The van der Waals surface area contributed by atoms with E-state index in [9.17, 15) is 8.42 Å². The van der Waals surface area contributed by atoms with Crippen LogP contribution in [0.25, 0.3) is 0 Å². The number of aromatic nitrogens is 2. The second kappa shape index (κ2) is 7.19. The maximum atomic E-state index is 13.1. The van der Waals surface area contributed by atoms with Gasteiger partial charge in [0, 0.05) is 11.6 Å². The molecule has 0 aliphatic carbocycles. The molecule has 0 bridgehead atoms. The van der Waals surface area contributed by atoms with Crippen LogP contribution in [0, 0.1) is 6.92 Å². The molecule has 5 nitrogen and oxygen atoms in total. The van der Waals surface area contributed by atoms with Gasteiger partial charge in [-0.1, -0.05) is 69.3 Å². The maximum Gasteiger partial charge on any atom is 0.265 e. The summed E-state index contributed by atoms with van der Waals surface area (Å²) in [6.07, 6.45) is 1.62. The van der Waals surface area contributed by atoms with Gasteiger partial charge in [-0.15, -0.1) is 0 Å². The first kappa shape index (κ1) is 19.2. The van der Waals surface area contributed by atoms with Crippen molar-refractivity contribution >= 4 is 15.7 Å². The zero-order chi connectivity index (χ0) is 19.7. The van der Waals surface area contributed by atoms with Crippen LogP contribution < -0.4 is 4.72 Å². The smallest absolute Gasteiger partial charge is 0.265 e. The van der Waals surface area contributed by atoms with E-state index >= 15 is 0 Å². The quantitative estimate of drug-likeness (QED) is 0.713. The summed E-state index contributed by atoms with van der Waals surface area (Å²) in [5.41, 5.74) is 2.66. The highest BCUT2D eigenvalue weighted by atomic mass is 32.2. The molecule has 27 heavy (non-hydrogen) atoms. The highest BCUT2D eigenvalue weighted by Crippen LogP contribution is 2.29. The van der Waals surface area contributed by atoms with Gasteiger partial charge in [0.05, 0.1) is 17.9 Å². The zero-order valence-electron chi connectivity index (χ0n) is 16.1. The number of hydrogen-bond donors (Lipinski definition) is 1. The van der Waals surface area contributed by atoms with E-state index in [1.807, 2.05) is 76.2 Å². The van der Waals surface area contributed by atoms with Crippen LogP contribution in [-0.2, 0) is 22.0 Å². The number of nitrogens with one attached hydrogen (secondary N) is 1. The molecule has 0 unspecified atom stereocenters. The summed E-state index contributed by atoms with van der Waals surface area (Å²) in [7, 11) is -3.75. The molecule has 0 fully saturated rings. The zero-order valence-corrected chi connectivity index (χ0v) is 16.9. The van der Waals surface area contributed by atoms with E-state index in [0.717, 1.165) is 11.1 Å². The van der Waals surface area contributed by atoms with Gasteiger partial charge in [0.2, 0.25) is 0 Å². The Bertz CT molecular complexity index is 1030. The Morgan fingerprint density at radius 2 is 1.63 bits per heavy atom. The monoisotopic (exact) mass is 383 g/mol. The third-order valence-corrected chi connectivity index (χ3v) is 5.67. The Balaban J connectivity index is 2.01. The van der Waals surface area contributed by atoms with Gasteiger partial charge in [0.15, 0.2) is 0 Å². The van der Waals surface area contributed by atoms with Crippen LogP contribution >= 0.6 is 0 Å². The molecule has 0 saturated heterocycles. The molecule has 0 aliphatic heterocycles. The van der Waals surface area contributed by atoms with Crippen LogP contribution in [-0.4, -0.2) is 18.2 Å². The van der Waals surface area contributed by atoms with Crippen molar-refractivity contribution in [2.45, 2.75) is 44.6 Å². The number of para-hydroxylation sites is 1. The van der Waals surface area contributed by atoms with E-state index in [1.165, 1.54) is 0 Å². The topological polar surface area (TPSA) is 64.0 Å². The first-order chi connectivity index (χ1) is 12.7. The number of rotatable bonds is 5. The molecule has 0 saturated carbocycles. The molecule has 2 aromatic carbocycles. The van der Waals surface area contributed by atoms with Gasteiger partial charge in [-0.3, -0.25) is 9.40 Å². The molecule has 0 spiro atoms. The number of benzene rings is 2. The summed E-state index contributed by atoms with van der Waals surface area (Å²) in [5.74, 6) is 0. The van der Waals surface area contributed by atoms with Crippen LogP contribution in [0.15, 0.2) is 65.7 Å². The van der Waals surface area contributed by atoms with Crippen molar-refractivity contribution in [2.75, 3.05) is 4.72 Å². The van der Waals surface area contributed by atoms with E-state index in [1.54, 1.807) is 16.9 Å². The second-order valence-corrected chi connectivity index (χ2v) is 9.35. The lowest BCUT2D eigenvalue weighted by Crippen LogP contribution is -2.20. The second-order valence-electron chi connectivity index (χ2n) is 7.70. The lowest BCUT2D eigenvalue weighted by atomic mass is 9.92. The number of anilines is 1. The normalized spacial score (nSPS) is 12.1.